The molecule has 1 aromatic carbocycles. The SMILES string of the molecule is CC(O)CCN(C)C(=O)c1cnc(-c2ccccc2)s1. The van der Waals surface area contributed by atoms with Gasteiger partial charge in [0, 0.05) is 19.2 Å². The minimum absolute atomic E-state index is 0.0506. The van der Waals surface area contributed by atoms with Gasteiger partial charge in [-0.05, 0) is 13.3 Å². The van der Waals surface area contributed by atoms with Crippen molar-refractivity contribution >= 4 is 17.2 Å². The number of aliphatic hydroxyl groups is 1. The second-order valence-electron chi connectivity index (χ2n) is 4.76. The van der Waals surface area contributed by atoms with Crippen molar-refractivity contribution in [3.8, 4) is 10.6 Å². The highest BCUT2D eigenvalue weighted by Crippen LogP contribution is 2.25. The van der Waals surface area contributed by atoms with Crippen LogP contribution in [0.4, 0.5) is 0 Å². The van der Waals surface area contributed by atoms with Crippen LogP contribution < -0.4 is 0 Å². The summed E-state index contributed by atoms with van der Waals surface area (Å²) in [5, 5.41) is 10.1. The minimum atomic E-state index is -0.397. The Kier molecular flexibility index (Phi) is 4.87. The molecule has 2 aromatic rings. The van der Waals surface area contributed by atoms with E-state index in [2.05, 4.69) is 4.98 Å². The van der Waals surface area contributed by atoms with E-state index in [0.717, 1.165) is 10.6 Å². The third kappa shape index (κ3) is 3.65. The number of hydrogen-bond acceptors (Lipinski definition) is 4. The van der Waals surface area contributed by atoms with Crippen LogP contribution >= 0.6 is 11.3 Å². The number of aliphatic hydroxyl groups excluding tert-OH is 1. The molecule has 20 heavy (non-hydrogen) atoms. The van der Waals surface area contributed by atoms with Crippen LogP contribution in [0.3, 0.4) is 0 Å². The topological polar surface area (TPSA) is 53.4 Å². The van der Waals surface area contributed by atoms with E-state index in [9.17, 15) is 9.90 Å². The van der Waals surface area contributed by atoms with Gasteiger partial charge >= 0.3 is 0 Å². The molecule has 0 saturated heterocycles. The molecule has 0 aliphatic heterocycles. The quantitative estimate of drug-likeness (QED) is 0.921. The lowest BCUT2D eigenvalue weighted by Crippen LogP contribution is -2.28. The Morgan fingerprint density at radius 2 is 2.10 bits per heavy atom. The zero-order valence-electron chi connectivity index (χ0n) is 11.6. The molecule has 0 aliphatic carbocycles. The van der Waals surface area contributed by atoms with E-state index < -0.39 is 6.10 Å². The standard InChI is InChI=1S/C15H18N2O2S/c1-11(18)8-9-17(2)15(19)13-10-16-14(20-13)12-6-4-3-5-7-12/h3-7,10-11,18H,8-9H2,1-2H3. The van der Waals surface area contributed by atoms with Crippen LogP contribution in [0.15, 0.2) is 36.5 Å². The van der Waals surface area contributed by atoms with Gasteiger partial charge in [0.1, 0.15) is 9.88 Å². The van der Waals surface area contributed by atoms with Crippen LogP contribution in [0.25, 0.3) is 10.6 Å². The Morgan fingerprint density at radius 3 is 2.75 bits per heavy atom. The van der Waals surface area contributed by atoms with E-state index in [0.29, 0.717) is 17.8 Å². The van der Waals surface area contributed by atoms with Crippen LogP contribution in [0, 0.1) is 0 Å². The first-order valence-electron chi connectivity index (χ1n) is 6.52. The summed E-state index contributed by atoms with van der Waals surface area (Å²) in [6, 6.07) is 9.81. The molecule has 1 N–H and O–H groups in total. The molecule has 1 atom stereocenters. The normalized spacial score (nSPS) is 12.2. The molecular formula is C15H18N2O2S. The van der Waals surface area contributed by atoms with Crippen LogP contribution in [0.5, 0.6) is 0 Å². The lowest BCUT2D eigenvalue weighted by molar-refractivity contribution is 0.0773. The maximum atomic E-state index is 12.2. The van der Waals surface area contributed by atoms with Gasteiger partial charge in [0.15, 0.2) is 0 Å². The summed E-state index contributed by atoms with van der Waals surface area (Å²) < 4.78 is 0. The molecule has 0 saturated carbocycles. The van der Waals surface area contributed by atoms with Crippen LogP contribution in [0.2, 0.25) is 0 Å². The second kappa shape index (κ2) is 6.63. The van der Waals surface area contributed by atoms with Crippen LogP contribution in [-0.4, -0.2) is 40.6 Å². The molecule has 0 spiro atoms. The Morgan fingerprint density at radius 1 is 1.40 bits per heavy atom. The lowest BCUT2D eigenvalue weighted by atomic mass is 10.2. The highest BCUT2D eigenvalue weighted by molar-refractivity contribution is 7.16. The largest absolute Gasteiger partial charge is 0.393 e. The predicted molar refractivity (Wildman–Crippen MR) is 80.8 cm³/mol. The van der Waals surface area contributed by atoms with Crippen molar-refractivity contribution in [3.05, 3.63) is 41.4 Å². The number of benzene rings is 1. The first-order chi connectivity index (χ1) is 9.58. The lowest BCUT2D eigenvalue weighted by Gasteiger charge is -2.16. The van der Waals surface area contributed by atoms with Gasteiger partial charge < -0.3 is 10.0 Å². The molecule has 5 heteroatoms. The number of thiazole rings is 1. The zero-order chi connectivity index (χ0) is 14.5. The molecule has 1 unspecified atom stereocenters. The fourth-order valence-corrected chi connectivity index (χ4v) is 2.67. The molecule has 1 amide bonds. The van der Waals surface area contributed by atoms with E-state index in [4.69, 9.17) is 0 Å². The highest BCUT2D eigenvalue weighted by Gasteiger charge is 2.16. The Balaban J connectivity index is 2.07. The number of aromatic nitrogens is 1. The zero-order valence-corrected chi connectivity index (χ0v) is 12.4. The van der Waals surface area contributed by atoms with E-state index in [1.54, 1.807) is 25.1 Å². The summed E-state index contributed by atoms with van der Waals surface area (Å²) >= 11 is 1.39. The summed E-state index contributed by atoms with van der Waals surface area (Å²) in [5.41, 5.74) is 1.02. The van der Waals surface area contributed by atoms with E-state index in [1.165, 1.54) is 11.3 Å². The summed E-state index contributed by atoms with van der Waals surface area (Å²) in [5.74, 6) is -0.0506. The summed E-state index contributed by atoms with van der Waals surface area (Å²) in [6.45, 7) is 2.26. The second-order valence-corrected chi connectivity index (χ2v) is 5.79. The van der Waals surface area contributed by atoms with Crippen LogP contribution in [-0.2, 0) is 0 Å². The molecule has 106 valence electrons. The molecule has 1 aromatic heterocycles. The summed E-state index contributed by atoms with van der Waals surface area (Å²) in [7, 11) is 1.74. The van der Waals surface area contributed by atoms with Crippen LogP contribution in [0.1, 0.15) is 23.0 Å². The fraction of sp³-hybridized carbons (Fsp3) is 0.333. The average Bonchev–Trinajstić information content (AvgIpc) is 2.94. The third-order valence-corrected chi connectivity index (χ3v) is 4.00. The summed E-state index contributed by atoms with van der Waals surface area (Å²) in [6.07, 6.45) is 1.80. The smallest absolute Gasteiger partial charge is 0.265 e. The van der Waals surface area contributed by atoms with Crippen molar-refractivity contribution in [1.82, 2.24) is 9.88 Å². The molecule has 0 radical (unpaired) electrons. The predicted octanol–water partition coefficient (Wildman–Crippen LogP) is 2.65. The monoisotopic (exact) mass is 290 g/mol. The van der Waals surface area contributed by atoms with Gasteiger partial charge in [-0.25, -0.2) is 4.98 Å². The molecule has 0 bridgehead atoms. The Labute approximate surface area is 122 Å². The molecule has 4 nitrogen and oxygen atoms in total. The third-order valence-electron chi connectivity index (χ3n) is 2.97. The number of rotatable bonds is 5. The Bertz CT molecular complexity index is 566. The van der Waals surface area contributed by atoms with Crippen molar-refractivity contribution in [3.63, 3.8) is 0 Å². The molecular weight excluding hydrogens is 272 g/mol. The van der Waals surface area contributed by atoms with Crippen molar-refractivity contribution in [1.29, 1.82) is 0 Å². The fourth-order valence-electron chi connectivity index (χ4n) is 1.76. The van der Waals surface area contributed by atoms with Gasteiger partial charge in [-0.3, -0.25) is 4.79 Å². The first kappa shape index (κ1) is 14.7. The maximum absolute atomic E-state index is 12.2. The summed E-state index contributed by atoms with van der Waals surface area (Å²) in [4.78, 5) is 18.8. The van der Waals surface area contributed by atoms with Gasteiger partial charge in [0.2, 0.25) is 0 Å². The highest BCUT2D eigenvalue weighted by atomic mass is 32.1. The van der Waals surface area contributed by atoms with Gasteiger partial charge in [-0.1, -0.05) is 30.3 Å². The number of hydrogen-bond donors (Lipinski definition) is 1. The maximum Gasteiger partial charge on any atom is 0.265 e. The average molecular weight is 290 g/mol. The van der Waals surface area contributed by atoms with E-state index >= 15 is 0 Å². The Hall–Kier alpha value is -1.72. The van der Waals surface area contributed by atoms with E-state index in [-0.39, 0.29) is 5.91 Å². The minimum Gasteiger partial charge on any atom is -0.393 e. The van der Waals surface area contributed by atoms with Gasteiger partial charge in [0.05, 0.1) is 12.3 Å². The molecule has 0 aliphatic rings. The molecule has 1 heterocycles. The van der Waals surface area contributed by atoms with Crippen molar-refractivity contribution in [2.75, 3.05) is 13.6 Å². The molecule has 0 fully saturated rings. The first-order valence-corrected chi connectivity index (χ1v) is 7.34. The number of nitrogens with zero attached hydrogens (tertiary/aromatic N) is 2. The van der Waals surface area contributed by atoms with E-state index in [1.807, 2.05) is 30.3 Å². The number of amides is 1. The number of carbonyl (C=O) groups is 1. The molecule has 2 rings (SSSR count). The van der Waals surface area contributed by atoms with Gasteiger partial charge in [-0.2, -0.15) is 0 Å². The van der Waals surface area contributed by atoms with Gasteiger partial charge in [-0.15, -0.1) is 11.3 Å². The van der Waals surface area contributed by atoms with Crippen molar-refractivity contribution in [2.45, 2.75) is 19.4 Å². The number of carbonyl (C=O) groups excluding carboxylic acids is 1. The van der Waals surface area contributed by atoms with Crippen molar-refractivity contribution in [2.24, 2.45) is 0 Å². The van der Waals surface area contributed by atoms with Gasteiger partial charge in [0.25, 0.3) is 5.91 Å². The van der Waals surface area contributed by atoms with Crippen molar-refractivity contribution < 1.29 is 9.90 Å².